The van der Waals surface area contributed by atoms with Gasteiger partial charge in [0, 0.05) is 6.20 Å². The lowest BCUT2D eigenvalue weighted by Crippen LogP contribution is -2.41. The molecular weight excluding hydrogens is 382 g/mol. The van der Waals surface area contributed by atoms with Crippen LogP contribution in [-0.4, -0.2) is 33.3 Å². The van der Waals surface area contributed by atoms with Crippen molar-refractivity contribution in [3.8, 4) is 17.1 Å². The number of nitrogens with zero attached hydrogens (tertiary/aromatic N) is 3. The van der Waals surface area contributed by atoms with Gasteiger partial charge in [0.15, 0.2) is 5.82 Å². The molecule has 2 N–H and O–H groups in total. The molecule has 0 aromatic carbocycles. The van der Waals surface area contributed by atoms with Gasteiger partial charge in [-0.15, -0.1) is 0 Å². The molecule has 1 unspecified atom stereocenters. The summed E-state index contributed by atoms with van der Waals surface area (Å²) in [5.74, 6) is 0.413. The van der Waals surface area contributed by atoms with Crippen LogP contribution < -0.4 is 10.5 Å². The Morgan fingerprint density at radius 2 is 1.97 bits per heavy atom. The van der Waals surface area contributed by atoms with E-state index >= 15 is 0 Å². The van der Waals surface area contributed by atoms with E-state index < -0.39 is 23.8 Å². The number of nitrogens with two attached hydrogens (primary N) is 1. The van der Waals surface area contributed by atoms with Crippen molar-refractivity contribution in [3.05, 3.63) is 42.5 Å². The summed E-state index contributed by atoms with van der Waals surface area (Å²) in [6.45, 7) is 8.94. The average molecular weight is 406 g/mol. The maximum atomic E-state index is 13.6. The zero-order valence-electron chi connectivity index (χ0n) is 16.6. The first kappa shape index (κ1) is 22.2. The summed E-state index contributed by atoms with van der Waals surface area (Å²) in [5.41, 5.74) is 4.17. The molecule has 1 amide bonds. The van der Waals surface area contributed by atoms with Gasteiger partial charge in [0.1, 0.15) is 23.7 Å². The first-order chi connectivity index (χ1) is 13.6. The monoisotopic (exact) mass is 406 g/mol. The summed E-state index contributed by atoms with van der Waals surface area (Å²) in [7, 11) is 0. The lowest BCUT2D eigenvalue weighted by Gasteiger charge is -2.30. The number of aromatic nitrogens is 3. The highest BCUT2D eigenvalue weighted by atomic mass is 19.3. The van der Waals surface area contributed by atoms with E-state index in [1.807, 2.05) is 13.8 Å². The molecular formula is C20H24F2N4O3. The third kappa shape index (κ3) is 6.20. The number of pyridine rings is 1. The summed E-state index contributed by atoms with van der Waals surface area (Å²) in [4.78, 5) is 23.4. The van der Waals surface area contributed by atoms with E-state index in [1.54, 1.807) is 13.0 Å². The first-order valence-electron chi connectivity index (χ1n) is 8.99. The number of rotatable bonds is 9. The molecule has 0 aliphatic rings. The number of carbonyl (C=O) groups excluding carboxylic acids is 1. The summed E-state index contributed by atoms with van der Waals surface area (Å²) < 4.78 is 38.0. The largest absolute Gasteiger partial charge is 0.487 e. The fourth-order valence-electron chi connectivity index (χ4n) is 2.96. The minimum atomic E-state index is -2.88. The van der Waals surface area contributed by atoms with Gasteiger partial charge in [-0.25, -0.2) is 28.5 Å². The highest BCUT2D eigenvalue weighted by molar-refractivity contribution is 5.65. The molecule has 29 heavy (non-hydrogen) atoms. The van der Waals surface area contributed by atoms with Crippen LogP contribution in [0.15, 0.2) is 31.0 Å². The Morgan fingerprint density at radius 3 is 2.55 bits per heavy atom. The van der Waals surface area contributed by atoms with Crippen molar-refractivity contribution in [1.82, 2.24) is 15.0 Å². The van der Waals surface area contributed by atoms with E-state index in [9.17, 15) is 13.6 Å². The number of alkyl halides is 2. The van der Waals surface area contributed by atoms with Gasteiger partial charge in [-0.1, -0.05) is 20.4 Å². The molecule has 0 aliphatic carbocycles. The molecule has 0 radical (unpaired) electrons. The SMILES string of the molecule is C=Cc1nccc(-c2ccc(OCC(C)(CC(C)C)OC(N)=O)c(C(F)F)n2)n1. The van der Waals surface area contributed by atoms with Gasteiger partial charge in [0.2, 0.25) is 0 Å². The smallest absolute Gasteiger partial charge is 0.405 e. The molecule has 0 spiro atoms. The zero-order chi connectivity index (χ0) is 21.6. The summed E-state index contributed by atoms with van der Waals surface area (Å²) in [5, 5.41) is 0. The van der Waals surface area contributed by atoms with E-state index in [-0.39, 0.29) is 24.0 Å². The molecule has 2 aromatic heterocycles. The predicted molar refractivity (Wildman–Crippen MR) is 104 cm³/mol. The lowest BCUT2D eigenvalue weighted by molar-refractivity contribution is -0.0197. The maximum absolute atomic E-state index is 13.6. The second-order valence-electron chi connectivity index (χ2n) is 7.14. The third-order valence-electron chi connectivity index (χ3n) is 3.93. The predicted octanol–water partition coefficient (Wildman–Crippen LogP) is 4.40. The van der Waals surface area contributed by atoms with Crippen LogP contribution in [0, 0.1) is 5.92 Å². The van der Waals surface area contributed by atoms with Crippen molar-refractivity contribution in [3.63, 3.8) is 0 Å². The Labute approximate surface area is 168 Å². The van der Waals surface area contributed by atoms with Crippen molar-refractivity contribution in [2.45, 2.75) is 39.2 Å². The number of hydrogen-bond donors (Lipinski definition) is 1. The Bertz CT molecular complexity index is 877. The molecule has 156 valence electrons. The second kappa shape index (κ2) is 9.40. The van der Waals surface area contributed by atoms with E-state index in [4.69, 9.17) is 15.2 Å². The van der Waals surface area contributed by atoms with Crippen LogP contribution in [-0.2, 0) is 4.74 Å². The van der Waals surface area contributed by atoms with Crippen molar-refractivity contribution in [2.75, 3.05) is 6.61 Å². The van der Waals surface area contributed by atoms with E-state index in [1.165, 1.54) is 24.4 Å². The number of hydrogen-bond acceptors (Lipinski definition) is 6. The van der Waals surface area contributed by atoms with Crippen molar-refractivity contribution >= 4 is 12.2 Å². The van der Waals surface area contributed by atoms with Crippen LogP contribution >= 0.6 is 0 Å². The molecule has 1 atom stereocenters. The van der Waals surface area contributed by atoms with Gasteiger partial charge in [-0.2, -0.15) is 0 Å². The number of carbonyl (C=O) groups is 1. The minimum absolute atomic E-state index is 0.107. The quantitative estimate of drug-likeness (QED) is 0.663. The van der Waals surface area contributed by atoms with Gasteiger partial charge >= 0.3 is 6.09 Å². The molecule has 2 rings (SSSR count). The van der Waals surface area contributed by atoms with Gasteiger partial charge in [0.25, 0.3) is 6.43 Å². The molecule has 0 aliphatic heterocycles. The van der Waals surface area contributed by atoms with Gasteiger partial charge in [-0.3, -0.25) is 0 Å². The average Bonchev–Trinajstić information content (AvgIpc) is 2.65. The lowest BCUT2D eigenvalue weighted by atomic mass is 9.95. The number of halogens is 2. The second-order valence-corrected chi connectivity index (χ2v) is 7.14. The minimum Gasteiger partial charge on any atom is -0.487 e. The van der Waals surface area contributed by atoms with Gasteiger partial charge < -0.3 is 15.2 Å². The molecule has 0 bridgehead atoms. The first-order valence-corrected chi connectivity index (χ1v) is 8.99. The van der Waals surface area contributed by atoms with Crippen LogP contribution in [0.25, 0.3) is 17.5 Å². The Morgan fingerprint density at radius 1 is 1.28 bits per heavy atom. The topological polar surface area (TPSA) is 100 Å². The van der Waals surface area contributed by atoms with Gasteiger partial charge in [0.05, 0.1) is 11.4 Å². The fourth-order valence-corrected chi connectivity index (χ4v) is 2.96. The molecule has 2 aromatic rings. The Kier molecular flexibility index (Phi) is 7.19. The fraction of sp³-hybridized carbons (Fsp3) is 0.400. The number of primary amides is 1. The van der Waals surface area contributed by atoms with Crippen LogP contribution in [0.2, 0.25) is 0 Å². The zero-order valence-corrected chi connectivity index (χ0v) is 16.6. The molecule has 2 heterocycles. The van der Waals surface area contributed by atoms with E-state index in [0.29, 0.717) is 17.9 Å². The molecule has 9 heteroatoms. The van der Waals surface area contributed by atoms with Crippen LogP contribution in [0.3, 0.4) is 0 Å². The van der Waals surface area contributed by atoms with E-state index in [0.717, 1.165) is 0 Å². The molecule has 0 saturated carbocycles. The molecule has 0 saturated heterocycles. The summed E-state index contributed by atoms with van der Waals surface area (Å²) in [6, 6.07) is 4.47. The number of ether oxygens (including phenoxy) is 2. The summed E-state index contributed by atoms with van der Waals surface area (Å²) >= 11 is 0. The summed E-state index contributed by atoms with van der Waals surface area (Å²) in [6.07, 6.45) is -0.452. The normalized spacial score (nSPS) is 13.2. The molecule has 7 nitrogen and oxygen atoms in total. The Balaban J connectivity index is 2.30. The van der Waals surface area contributed by atoms with E-state index in [2.05, 4.69) is 21.5 Å². The van der Waals surface area contributed by atoms with Crippen LogP contribution in [0.1, 0.15) is 45.1 Å². The third-order valence-corrected chi connectivity index (χ3v) is 3.93. The Hall–Kier alpha value is -3.10. The van der Waals surface area contributed by atoms with Gasteiger partial charge in [-0.05, 0) is 43.5 Å². The highest BCUT2D eigenvalue weighted by Crippen LogP contribution is 2.31. The standard InChI is InChI=1S/C20H24F2N4O3/c1-5-16-24-9-8-14(25-16)13-6-7-15(17(26-13)18(21)22)28-11-20(4,10-12(2)3)29-19(23)27/h5-9,12,18H,1,10-11H2,2-4H3,(H2,23,27). The van der Waals surface area contributed by atoms with Crippen LogP contribution in [0.4, 0.5) is 13.6 Å². The molecule has 0 fully saturated rings. The maximum Gasteiger partial charge on any atom is 0.405 e. The highest BCUT2D eigenvalue weighted by Gasteiger charge is 2.31. The number of amides is 1. The van der Waals surface area contributed by atoms with Crippen molar-refractivity contribution < 1.29 is 23.0 Å². The van der Waals surface area contributed by atoms with Crippen molar-refractivity contribution in [1.29, 1.82) is 0 Å². The van der Waals surface area contributed by atoms with Crippen LogP contribution in [0.5, 0.6) is 5.75 Å². The van der Waals surface area contributed by atoms with Crippen molar-refractivity contribution in [2.24, 2.45) is 11.7 Å².